The number of amides is 1. The summed E-state index contributed by atoms with van der Waals surface area (Å²) in [5.41, 5.74) is 3.56. The molecule has 130 valence electrons. The predicted octanol–water partition coefficient (Wildman–Crippen LogP) is 3.98. The van der Waals surface area contributed by atoms with E-state index in [1.807, 2.05) is 32.0 Å². The first-order chi connectivity index (χ1) is 12.0. The van der Waals surface area contributed by atoms with Crippen molar-refractivity contribution >= 4 is 11.6 Å². The molecule has 2 rings (SSSR count). The lowest BCUT2D eigenvalue weighted by Crippen LogP contribution is -2.13. The van der Waals surface area contributed by atoms with Crippen molar-refractivity contribution in [1.29, 1.82) is 5.26 Å². The van der Waals surface area contributed by atoms with E-state index >= 15 is 0 Å². The molecule has 0 bridgehead atoms. The van der Waals surface area contributed by atoms with E-state index in [2.05, 4.69) is 11.4 Å². The second-order valence-corrected chi connectivity index (χ2v) is 5.80. The van der Waals surface area contributed by atoms with Gasteiger partial charge in [0.2, 0.25) is 5.91 Å². The number of nitriles is 1. The highest BCUT2D eigenvalue weighted by molar-refractivity contribution is 5.91. The van der Waals surface area contributed by atoms with Crippen LogP contribution in [-0.2, 0) is 4.79 Å². The largest absolute Gasteiger partial charge is 0.493 e. The number of hydrogen-bond acceptors (Lipinski definition) is 4. The molecule has 0 radical (unpaired) electrons. The number of carbonyl (C=O) groups excluding carboxylic acids is 1. The van der Waals surface area contributed by atoms with Crippen LogP contribution in [0.4, 0.5) is 5.69 Å². The highest BCUT2D eigenvalue weighted by Crippen LogP contribution is 2.28. The van der Waals surface area contributed by atoms with Crippen LogP contribution in [0.1, 0.15) is 29.5 Å². The fraction of sp³-hybridized carbons (Fsp3) is 0.300. The van der Waals surface area contributed by atoms with Gasteiger partial charge in [0, 0.05) is 18.2 Å². The summed E-state index contributed by atoms with van der Waals surface area (Å²) in [6.07, 6.45) is 0.950. The van der Waals surface area contributed by atoms with E-state index in [1.54, 1.807) is 18.2 Å². The van der Waals surface area contributed by atoms with Crippen LogP contribution in [-0.4, -0.2) is 19.6 Å². The Morgan fingerprint density at radius 1 is 1.16 bits per heavy atom. The molecule has 0 aliphatic heterocycles. The SMILES string of the molecule is COc1cc(C#N)ccc1OCCCC(=O)Nc1ccc(C)cc1C. The minimum atomic E-state index is -0.0395. The standard InChI is InChI=1S/C20H22N2O3/c1-14-6-8-17(15(2)11-14)22-20(23)5-4-10-25-18-9-7-16(13-21)12-19(18)24-3/h6-9,11-12H,4-5,10H2,1-3H3,(H,22,23). The predicted molar refractivity (Wildman–Crippen MR) is 97.0 cm³/mol. The third kappa shape index (κ3) is 5.25. The summed E-state index contributed by atoms with van der Waals surface area (Å²) < 4.78 is 10.9. The van der Waals surface area contributed by atoms with Crippen LogP contribution >= 0.6 is 0 Å². The van der Waals surface area contributed by atoms with Gasteiger partial charge in [-0.25, -0.2) is 0 Å². The molecule has 1 N–H and O–H groups in total. The highest BCUT2D eigenvalue weighted by atomic mass is 16.5. The summed E-state index contributed by atoms with van der Waals surface area (Å²) in [5.74, 6) is 1.04. The van der Waals surface area contributed by atoms with Gasteiger partial charge in [-0.1, -0.05) is 17.7 Å². The fourth-order valence-corrected chi connectivity index (χ4v) is 2.44. The van der Waals surface area contributed by atoms with Gasteiger partial charge in [0.25, 0.3) is 0 Å². The fourth-order valence-electron chi connectivity index (χ4n) is 2.44. The number of rotatable bonds is 7. The minimum Gasteiger partial charge on any atom is -0.493 e. The second kappa shape index (κ2) is 8.74. The molecular weight excluding hydrogens is 316 g/mol. The van der Waals surface area contributed by atoms with Gasteiger partial charge in [-0.2, -0.15) is 5.26 Å². The summed E-state index contributed by atoms with van der Waals surface area (Å²) >= 11 is 0. The van der Waals surface area contributed by atoms with E-state index in [4.69, 9.17) is 14.7 Å². The third-order valence-electron chi connectivity index (χ3n) is 3.75. The van der Waals surface area contributed by atoms with Crippen LogP contribution in [0.3, 0.4) is 0 Å². The van der Waals surface area contributed by atoms with Crippen molar-refractivity contribution < 1.29 is 14.3 Å². The van der Waals surface area contributed by atoms with Crippen LogP contribution in [0.2, 0.25) is 0 Å². The normalized spacial score (nSPS) is 10.0. The van der Waals surface area contributed by atoms with Gasteiger partial charge in [0.15, 0.2) is 11.5 Å². The summed E-state index contributed by atoms with van der Waals surface area (Å²) in [4.78, 5) is 12.0. The van der Waals surface area contributed by atoms with Crippen LogP contribution < -0.4 is 14.8 Å². The quantitative estimate of drug-likeness (QED) is 0.775. The Morgan fingerprint density at radius 2 is 1.96 bits per heavy atom. The van der Waals surface area contributed by atoms with E-state index in [0.29, 0.717) is 36.5 Å². The van der Waals surface area contributed by atoms with E-state index in [9.17, 15) is 4.79 Å². The van der Waals surface area contributed by atoms with Gasteiger partial charge < -0.3 is 14.8 Å². The van der Waals surface area contributed by atoms with Crippen LogP contribution in [0.25, 0.3) is 0 Å². The van der Waals surface area contributed by atoms with Gasteiger partial charge >= 0.3 is 0 Å². The third-order valence-corrected chi connectivity index (χ3v) is 3.75. The molecule has 2 aromatic rings. The molecule has 2 aromatic carbocycles. The van der Waals surface area contributed by atoms with Gasteiger partial charge in [0.05, 0.1) is 25.3 Å². The maximum atomic E-state index is 12.0. The van der Waals surface area contributed by atoms with Crippen LogP contribution in [0.15, 0.2) is 36.4 Å². The minimum absolute atomic E-state index is 0.0395. The van der Waals surface area contributed by atoms with Crippen molar-refractivity contribution in [3.63, 3.8) is 0 Å². The lowest BCUT2D eigenvalue weighted by atomic mass is 10.1. The van der Waals surface area contributed by atoms with Crippen molar-refractivity contribution in [2.24, 2.45) is 0 Å². The molecule has 0 saturated carbocycles. The number of ether oxygens (including phenoxy) is 2. The van der Waals surface area contributed by atoms with Crippen molar-refractivity contribution in [2.75, 3.05) is 19.0 Å². The van der Waals surface area contributed by atoms with E-state index in [1.165, 1.54) is 12.7 Å². The molecule has 0 atom stereocenters. The molecule has 25 heavy (non-hydrogen) atoms. The maximum absolute atomic E-state index is 12.0. The van der Waals surface area contributed by atoms with Crippen molar-refractivity contribution in [3.8, 4) is 17.6 Å². The summed E-state index contributed by atoms with van der Waals surface area (Å²) in [6, 6.07) is 13.0. The first-order valence-electron chi connectivity index (χ1n) is 8.11. The van der Waals surface area contributed by atoms with Crippen molar-refractivity contribution in [2.45, 2.75) is 26.7 Å². The molecule has 0 aromatic heterocycles. The Balaban J connectivity index is 1.81. The Labute approximate surface area is 148 Å². The number of methoxy groups -OCH3 is 1. The van der Waals surface area contributed by atoms with E-state index < -0.39 is 0 Å². The summed E-state index contributed by atoms with van der Waals surface area (Å²) in [5, 5.41) is 11.8. The molecule has 0 heterocycles. The molecule has 0 aliphatic rings. The molecule has 1 amide bonds. The van der Waals surface area contributed by atoms with E-state index in [0.717, 1.165) is 11.3 Å². The number of benzene rings is 2. The maximum Gasteiger partial charge on any atom is 0.224 e. The van der Waals surface area contributed by atoms with Gasteiger partial charge in [-0.3, -0.25) is 4.79 Å². The topological polar surface area (TPSA) is 71.3 Å². The number of nitrogens with one attached hydrogen (secondary N) is 1. The smallest absolute Gasteiger partial charge is 0.224 e. The van der Waals surface area contributed by atoms with Crippen molar-refractivity contribution in [3.05, 3.63) is 53.1 Å². The Hall–Kier alpha value is -3.00. The molecule has 0 unspecified atom stereocenters. The van der Waals surface area contributed by atoms with E-state index in [-0.39, 0.29) is 5.91 Å². The number of aryl methyl sites for hydroxylation is 2. The Morgan fingerprint density at radius 3 is 2.64 bits per heavy atom. The zero-order chi connectivity index (χ0) is 18.2. The molecule has 0 spiro atoms. The summed E-state index contributed by atoms with van der Waals surface area (Å²) in [7, 11) is 1.53. The monoisotopic (exact) mass is 338 g/mol. The van der Waals surface area contributed by atoms with Gasteiger partial charge in [-0.15, -0.1) is 0 Å². The average molecular weight is 338 g/mol. The average Bonchev–Trinajstić information content (AvgIpc) is 2.61. The molecule has 0 fully saturated rings. The zero-order valence-electron chi connectivity index (χ0n) is 14.8. The number of nitrogens with zero attached hydrogens (tertiary/aromatic N) is 1. The van der Waals surface area contributed by atoms with Crippen molar-refractivity contribution in [1.82, 2.24) is 0 Å². The number of carbonyl (C=O) groups is 1. The molecule has 0 aliphatic carbocycles. The number of hydrogen-bond donors (Lipinski definition) is 1. The lowest BCUT2D eigenvalue weighted by Gasteiger charge is -2.11. The lowest BCUT2D eigenvalue weighted by molar-refractivity contribution is -0.116. The van der Waals surface area contributed by atoms with Gasteiger partial charge in [-0.05, 0) is 44.0 Å². The highest BCUT2D eigenvalue weighted by Gasteiger charge is 2.08. The molecule has 5 heteroatoms. The molecule has 0 saturated heterocycles. The Bertz CT molecular complexity index is 794. The Kier molecular flexibility index (Phi) is 6.41. The second-order valence-electron chi connectivity index (χ2n) is 5.80. The molecular formula is C20H22N2O3. The van der Waals surface area contributed by atoms with Crippen LogP contribution in [0, 0.1) is 25.2 Å². The van der Waals surface area contributed by atoms with Gasteiger partial charge in [0.1, 0.15) is 0 Å². The number of anilines is 1. The summed E-state index contributed by atoms with van der Waals surface area (Å²) in [6.45, 7) is 4.39. The molecule has 5 nitrogen and oxygen atoms in total. The zero-order valence-corrected chi connectivity index (χ0v) is 14.8. The van der Waals surface area contributed by atoms with Crippen LogP contribution in [0.5, 0.6) is 11.5 Å². The first kappa shape index (κ1) is 18.3. The first-order valence-corrected chi connectivity index (χ1v) is 8.11.